The number of benzene rings is 1. The van der Waals surface area contributed by atoms with E-state index in [1.165, 1.54) is 24.3 Å². The molecule has 0 unspecified atom stereocenters. The van der Waals surface area contributed by atoms with E-state index in [0.29, 0.717) is 12.8 Å². The van der Waals surface area contributed by atoms with E-state index in [0.717, 1.165) is 10.7 Å². The number of rotatable bonds is 7. The van der Waals surface area contributed by atoms with Crippen molar-refractivity contribution < 1.29 is 19.1 Å². The first-order valence-corrected chi connectivity index (χ1v) is 8.21. The molecule has 0 aliphatic rings. The second kappa shape index (κ2) is 7.90. The van der Waals surface area contributed by atoms with Crippen molar-refractivity contribution in [1.29, 1.82) is 0 Å². The summed E-state index contributed by atoms with van der Waals surface area (Å²) in [6.45, 7) is 3.40. The Morgan fingerprint density at radius 1 is 1.19 bits per heavy atom. The van der Waals surface area contributed by atoms with E-state index in [1.807, 2.05) is 0 Å². The minimum atomic E-state index is -1.07. The maximum absolute atomic E-state index is 13.9. The lowest BCUT2D eigenvalue weighted by Crippen LogP contribution is -2.42. The Bertz CT molecular complexity index is 875. The average Bonchev–Trinajstić information content (AvgIpc) is 2.63. The van der Waals surface area contributed by atoms with Gasteiger partial charge in [0.2, 0.25) is 0 Å². The first kappa shape index (κ1) is 19.3. The first-order valence-electron chi connectivity index (χ1n) is 8.21. The summed E-state index contributed by atoms with van der Waals surface area (Å²) in [5.74, 6) is -2.28. The average molecular weight is 361 g/mol. The second-order valence-corrected chi connectivity index (χ2v) is 5.90. The molecule has 0 saturated heterocycles. The summed E-state index contributed by atoms with van der Waals surface area (Å²) >= 11 is 0. The van der Waals surface area contributed by atoms with Crippen LogP contribution in [0.4, 0.5) is 4.39 Å². The monoisotopic (exact) mass is 361 g/mol. The fourth-order valence-corrected chi connectivity index (χ4v) is 2.55. The highest BCUT2D eigenvalue weighted by Gasteiger charge is 2.35. The van der Waals surface area contributed by atoms with Gasteiger partial charge in [0.05, 0.1) is 5.41 Å². The Labute approximate surface area is 149 Å². The van der Waals surface area contributed by atoms with Gasteiger partial charge in [-0.15, -0.1) is 0 Å². The smallest absolute Gasteiger partial charge is 0.311 e. The number of halogens is 1. The lowest BCUT2D eigenvalue weighted by molar-refractivity contribution is -0.149. The van der Waals surface area contributed by atoms with Gasteiger partial charge >= 0.3 is 5.97 Å². The van der Waals surface area contributed by atoms with Gasteiger partial charge in [0, 0.05) is 12.6 Å². The van der Waals surface area contributed by atoms with E-state index in [2.05, 4.69) is 10.4 Å². The van der Waals surface area contributed by atoms with Crippen molar-refractivity contribution in [2.45, 2.75) is 26.7 Å². The number of carboxylic acid groups (broad SMARTS) is 1. The summed E-state index contributed by atoms with van der Waals surface area (Å²) in [6.07, 6.45) is 0.697. The SMILES string of the molecule is CCC(CC)(CNC(=O)c1ccc(=O)n(-c2ccccc2F)n1)C(=O)O. The third-order valence-electron chi connectivity index (χ3n) is 4.51. The number of carboxylic acids is 1. The predicted octanol–water partition coefficient (Wildman–Crippen LogP) is 1.99. The minimum Gasteiger partial charge on any atom is -0.481 e. The number of aromatic nitrogens is 2. The highest BCUT2D eigenvalue weighted by molar-refractivity contribution is 5.92. The highest BCUT2D eigenvalue weighted by Crippen LogP contribution is 2.25. The van der Waals surface area contributed by atoms with Gasteiger partial charge in [-0.1, -0.05) is 26.0 Å². The van der Waals surface area contributed by atoms with Gasteiger partial charge in [-0.2, -0.15) is 9.78 Å². The zero-order chi connectivity index (χ0) is 19.3. The van der Waals surface area contributed by atoms with Gasteiger partial charge in [-0.25, -0.2) is 4.39 Å². The molecule has 2 rings (SSSR count). The molecule has 138 valence electrons. The minimum absolute atomic E-state index is 0.0747. The molecule has 0 bridgehead atoms. The van der Waals surface area contributed by atoms with Crippen LogP contribution in [0.15, 0.2) is 41.2 Å². The molecule has 0 fully saturated rings. The molecule has 0 aliphatic carbocycles. The number of amides is 1. The topological polar surface area (TPSA) is 101 Å². The van der Waals surface area contributed by atoms with Crippen LogP contribution in [-0.2, 0) is 4.79 Å². The summed E-state index contributed by atoms with van der Waals surface area (Å²) in [4.78, 5) is 35.8. The second-order valence-electron chi connectivity index (χ2n) is 5.90. The number of nitrogens with one attached hydrogen (secondary N) is 1. The Morgan fingerprint density at radius 3 is 2.42 bits per heavy atom. The van der Waals surface area contributed by atoms with Crippen LogP contribution < -0.4 is 10.9 Å². The number of para-hydroxylation sites is 1. The number of hydrogen-bond acceptors (Lipinski definition) is 4. The molecule has 7 nitrogen and oxygen atoms in total. The van der Waals surface area contributed by atoms with Gasteiger partial charge in [0.1, 0.15) is 17.2 Å². The van der Waals surface area contributed by atoms with Crippen molar-refractivity contribution in [1.82, 2.24) is 15.1 Å². The van der Waals surface area contributed by atoms with Crippen molar-refractivity contribution in [2.24, 2.45) is 5.41 Å². The zero-order valence-corrected chi connectivity index (χ0v) is 14.5. The predicted molar refractivity (Wildman–Crippen MR) is 92.8 cm³/mol. The van der Waals surface area contributed by atoms with Crippen LogP contribution in [0.3, 0.4) is 0 Å². The van der Waals surface area contributed by atoms with Crippen LogP contribution in [0.2, 0.25) is 0 Å². The maximum atomic E-state index is 13.9. The molecule has 8 heteroatoms. The molecule has 0 atom stereocenters. The molecule has 1 aromatic carbocycles. The summed E-state index contributed by atoms with van der Waals surface area (Å²) in [5.41, 5.74) is -1.85. The third-order valence-corrected chi connectivity index (χ3v) is 4.51. The first-order chi connectivity index (χ1) is 12.3. The van der Waals surface area contributed by atoms with E-state index in [9.17, 15) is 23.9 Å². The van der Waals surface area contributed by atoms with E-state index >= 15 is 0 Å². The molecule has 2 aromatic rings. The quantitative estimate of drug-likeness (QED) is 0.785. The van der Waals surface area contributed by atoms with Gasteiger partial charge < -0.3 is 10.4 Å². The number of aliphatic carboxylic acids is 1. The Kier molecular flexibility index (Phi) is 5.86. The van der Waals surface area contributed by atoms with Crippen LogP contribution in [-0.4, -0.2) is 33.3 Å². The molecule has 1 amide bonds. The van der Waals surface area contributed by atoms with Gasteiger partial charge in [-0.05, 0) is 31.0 Å². The lowest BCUT2D eigenvalue weighted by atomic mass is 9.82. The molecule has 2 N–H and O–H groups in total. The van der Waals surface area contributed by atoms with Crippen LogP contribution in [0.25, 0.3) is 5.69 Å². The number of carbonyl (C=O) groups is 2. The standard InChI is InChI=1S/C18H20FN3O4/c1-3-18(4-2,17(25)26)11-20-16(24)13-9-10-15(23)22(21-13)14-8-6-5-7-12(14)19/h5-10H,3-4,11H2,1-2H3,(H,20,24)(H,25,26). The summed E-state index contributed by atoms with van der Waals surface area (Å²) < 4.78 is 14.7. The fraction of sp³-hybridized carbons (Fsp3) is 0.333. The molecule has 26 heavy (non-hydrogen) atoms. The van der Waals surface area contributed by atoms with Crippen molar-refractivity contribution in [2.75, 3.05) is 6.54 Å². The largest absolute Gasteiger partial charge is 0.481 e. The summed E-state index contributed by atoms with van der Waals surface area (Å²) in [5, 5.41) is 15.9. The van der Waals surface area contributed by atoms with Crippen molar-refractivity contribution in [3.63, 3.8) is 0 Å². The number of carbonyl (C=O) groups excluding carboxylic acids is 1. The third kappa shape index (κ3) is 3.79. The molecule has 0 saturated carbocycles. The number of nitrogens with zero attached hydrogens (tertiary/aromatic N) is 2. The van der Waals surface area contributed by atoms with Crippen molar-refractivity contribution >= 4 is 11.9 Å². The lowest BCUT2D eigenvalue weighted by Gasteiger charge is -2.26. The van der Waals surface area contributed by atoms with Crippen LogP contribution in [0.5, 0.6) is 0 Å². The molecule has 0 aliphatic heterocycles. The highest BCUT2D eigenvalue weighted by atomic mass is 19.1. The van der Waals surface area contributed by atoms with Gasteiger partial charge in [0.15, 0.2) is 0 Å². The molecule has 1 aromatic heterocycles. The van der Waals surface area contributed by atoms with Crippen LogP contribution >= 0.6 is 0 Å². The Morgan fingerprint density at radius 2 is 1.85 bits per heavy atom. The fourth-order valence-electron chi connectivity index (χ4n) is 2.55. The van der Waals surface area contributed by atoms with Gasteiger partial charge in [-0.3, -0.25) is 14.4 Å². The molecule has 0 radical (unpaired) electrons. The van der Waals surface area contributed by atoms with Crippen LogP contribution in [0.1, 0.15) is 37.2 Å². The molecule has 1 heterocycles. The van der Waals surface area contributed by atoms with E-state index < -0.39 is 28.7 Å². The van der Waals surface area contributed by atoms with E-state index in [1.54, 1.807) is 19.9 Å². The van der Waals surface area contributed by atoms with E-state index in [-0.39, 0.29) is 17.9 Å². The number of hydrogen-bond donors (Lipinski definition) is 2. The Hall–Kier alpha value is -3.03. The maximum Gasteiger partial charge on any atom is 0.311 e. The zero-order valence-electron chi connectivity index (χ0n) is 14.5. The molecular weight excluding hydrogens is 341 g/mol. The van der Waals surface area contributed by atoms with E-state index in [4.69, 9.17) is 0 Å². The summed E-state index contributed by atoms with van der Waals surface area (Å²) in [6, 6.07) is 7.90. The Balaban J connectivity index is 2.28. The van der Waals surface area contributed by atoms with Crippen LogP contribution in [0, 0.1) is 11.2 Å². The van der Waals surface area contributed by atoms with Crippen molar-refractivity contribution in [3.8, 4) is 5.69 Å². The van der Waals surface area contributed by atoms with Gasteiger partial charge in [0.25, 0.3) is 11.5 Å². The normalized spacial score (nSPS) is 11.2. The summed E-state index contributed by atoms with van der Waals surface area (Å²) in [7, 11) is 0. The van der Waals surface area contributed by atoms with Crippen molar-refractivity contribution in [3.05, 3.63) is 58.3 Å². The molecule has 0 spiro atoms. The molecular formula is C18H20FN3O4.